The number of hydrogen-bond donors (Lipinski definition) is 0. The molecule has 94 valence electrons. The molecule has 1 unspecified atom stereocenters. The van der Waals surface area contributed by atoms with Crippen molar-refractivity contribution in [3.63, 3.8) is 0 Å². The van der Waals surface area contributed by atoms with Gasteiger partial charge in [-0.2, -0.15) is 0 Å². The number of carbonyl (C=O) groups is 1. The molecule has 0 aromatic heterocycles. The highest BCUT2D eigenvalue weighted by Gasteiger charge is 2.22. The lowest BCUT2D eigenvalue weighted by molar-refractivity contribution is -0.119. The van der Waals surface area contributed by atoms with Crippen molar-refractivity contribution >= 4 is 27.2 Å². The molecule has 0 N–H and O–H groups in total. The molecule has 3 nitrogen and oxygen atoms in total. The quantitative estimate of drug-likeness (QED) is 0.830. The third-order valence-electron chi connectivity index (χ3n) is 2.65. The van der Waals surface area contributed by atoms with E-state index in [1.807, 2.05) is 6.92 Å². The number of ketones is 1. The second kappa shape index (κ2) is 5.65. The molecule has 0 fully saturated rings. The van der Waals surface area contributed by atoms with Gasteiger partial charge in [0.15, 0.2) is 15.6 Å². The molecule has 1 aromatic rings. The molecule has 0 aliphatic carbocycles. The molecule has 0 saturated heterocycles. The van der Waals surface area contributed by atoms with Crippen LogP contribution in [-0.4, -0.2) is 20.0 Å². The van der Waals surface area contributed by atoms with Crippen LogP contribution in [0.25, 0.3) is 0 Å². The molecule has 5 heteroatoms. The maximum absolute atomic E-state index is 11.9. The molecule has 17 heavy (non-hydrogen) atoms. The van der Waals surface area contributed by atoms with Crippen LogP contribution < -0.4 is 0 Å². The van der Waals surface area contributed by atoms with E-state index >= 15 is 0 Å². The maximum atomic E-state index is 11.9. The highest BCUT2D eigenvalue weighted by Crippen LogP contribution is 2.18. The van der Waals surface area contributed by atoms with Crippen LogP contribution in [0.1, 0.15) is 20.3 Å². The monoisotopic (exact) mass is 274 g/mol. The van der Waals surface area contributed by atoms with Crippen LogP contribution in [0.4, 0.5) is 0 Å². The van der Waals surface area contributed by atoms with Crippen LogP contribution in [0, 0.1) is 5.92 Å². The van der Waals surface area contributed by atoms with Crippen molar-refractivity contribution in [2.45, 2.75) is 25.2 Å². The van der Waals surface area contributed by atoms with Gasteiger partial charge in [-0.15, -0.1) is 0 Å². The van der Waals surface area contributed by atoms with E-state index in [2.05, 4.69) is 0 Å². The zero-order chi connectivity index (χ0) is 13.1. The van der Waals surface area contributed by atoms with Crippen LogP contribution >= 0.6 is 11.6 Å². The van der Waals surface area contributed by atoms with Gasteiger partial charge < -0.3 is 0 Å². The third-order valence-corrected chi connectivity index (χ3v) is 4.52. The first-order valence-electron chi connectivity index (χ1n) is 5.38. The van der Waals surface area contributed by atoms with E-state index in [1.54, 1.807) is 19.1 Å². The number of sulfone groups is 1. The summed E-state index contributed by atoms with van der Waals surface area (Å²) >= 11 is 5.73. The fraction of sp³-hybridized carbons (Fsp3) is 0.417. The Morgan fingerprint density at radius 1 is 1.41 bits per heavy atom. The highest BCUT2D eigenvalue weighted by molar-refractivity contribution is 7.92. The first kappa shape index (κ1) is 14.2. The Hall–Kier alpha value is -0.870. The maximum Gasteiger partial charge on any atom is 0.185 e. The van der Waals surface area contributed by atoms with Crippen LogP contribution in [0.15, 0.2) is 29.2 Å². The molecule has 0 saturated carbocycles. The summed E-state index contributed by atoms with van der Waals surface area (Å²) in [6.45, 7) is 3.59. The predicted molar refractivity (Wildman–Crippen MR) is 68.0 cm³/mol. The van der Waals surface area contributed by atoms with Gasteiger partial charge in [0.05, 0.1) is 4.90 Å². The van der Waals surface area contributed by atoms with E-state index in [9.17, 15) is 13.2 Å². The minimum Gasteiger partial charge on any atom is -0.298 e. The van der Waals surface area contributed by atoms with E-state index in [-0.39, 0.29) is 16.6 Å². The summed E-state index contributed by atoms with van der Waals surface area (Å²) in [5.74, 6) is -0.945. The Balaban J connectivity index is 2.94. The van der Waals surface area contributed by atoms with E-state index in [0.29, 0.717) is 11.4 Å². The third kappa shape index (κ3) is 3.82. The number of halogens is 1. The first-order chi connectivity index (χ1) is 7.86. The van der Waals surface area contributed by atoms with E-state index < -0.39 is 15.6 Å². The normalized spacial score (nSPS) is 13.4. The van der Waals surface area contributed by atoms with Gasteiger partial charge in [0, 0.05) is 10.9 Å². The zero-order valence-corrected chi connectivity index (χ0v) is 11.4. The molecular weight excluding hydrogens is 260 g/mol. The molecule has 0 radical (unpaired) electrons. The summed E-state index contributed by atoms with van der Waals surface area (Å²) < 4.78 is 23.9. The van der Waals surface area contributed by atoms with E-state index in [0.717, 1.165) is 0 Å². The summed E-state index contributed by atoms with van der Waals surface area (Å²) in [6, 6.07) is 5.96. The van der Waals surface area contributed by atoms with Gasteiger partial charge >= 0.3 is 0 Å². The van der Waals surface area contributed by atoms with Crippen molar-refractivity contribution in [2.24, 2.45) is 5.92 Å². The Bertz CT molecular complexity index is 508. The number of carbonyl (C=O) groups excluding carboxylic acids is 1. The van der Waals surface area contributed by atoms with Gasteiger partial charge in [-0.05, 0) is 24.6 Å². The first-order valence-corrected chi connectivity index (χ1v) is 7.41. The topological polar surface area (TPSA) is 51.2 Å². The molecular formula is C12H15ClO3S. The van der Waals surface area contributed by atoms with Crippen molar-refractivity contribution in [1.29, 1.82) is 0 Å². The number of benzene rings is 1. The summed E-state index contributed by atoms with van der Waals surface area (Å²) in [6.07, 6.45) is 0.643. The van der Waals surface area contributed by atoms with Crippen LogP contribution in [0.3, 0.4) is 0 Å². The van der Waals surface area contributed by atoms with Crippen molar-refractivity contribution < 1.29 is 13.2 Å². The van der Waals surface area contributed by atoms with Gasteiger partial charge in [0.2, 0.25) is 0 Å². The number of hydrogen-bond acceptors (Lipinski definition) is 3. The lowest BCUT2D eigenvalue weighted by atomic mass is 10.1. The Labute approximate surface area is 107 Å². The zero-order valence-electron chi connectivity index (χ0n) is 9.81. The summed E-state index contributed by atoms with van der Waals surface area (Å²) in [5.41, 5.74) is 0. The molecule has 0 amide bonds. The average Bonchev–Trinajstić information content (AvgIpc) is 2.27. The lowest BCUT2D eigenvalue weighted by Crippen LogP contribution is -2.21. The van der Waals surface area contributed by atoms with Gasteiger partial charge in [-0.25, -0.2) is 8.42 Å². The van der Waals surface area contributed by atoms with Gasteiger partial charge in [-0.3, -0.25) is 4.79 Å². The van der Waals surface area contributed by atoms with Crippen molar-refractivity contribution in [2.75, 3.05) is 5.75 Å². The van der Waals surface area contributed by atoms with Crippen LogP contribution in [0.5, 0.6) is 0 Å². The SMILES string of the molecule is CCC(C)C(=O)CS(=O)(=O)c1cccc(Cl)c1. The molecule has 0 aliphatic heterocycles. The largest absolute Gasteiger partial charge is 0.298 e. The fourth-order valence-electron chi connectivity index (χ4n) is 1.30. The molecule has 1 aromatic carbocycles. The van der Waals surface area contributed by atoms with Crippen molar-refractivity contribution in [3.05, 3.63) is 29.3 Å². The second-order valence-electron chi connectivity index (χ2n) is 3.99. The molecule has 0 aliphatic rings. The predicted octanol–water partition coefficient (Wildman–Crippen LogP) is 2.73. The molecule has 1 rings (SSSR count). The summed E-state index contributed by atoms with van der Waals surface area (Å²) in [5, 5.41) is 0.349. The van der Waals surface area contributed by atoms with E-state index in [4.69, 9.17) is 11.6 Å². The van der Waals surface area contributed by atoms with Crippen molar-refractivity contribution in [3.8, 4) is 0 Å². The number of rotatable bonds is 5. The Morgan fingerprint density at radius 3 is 2.59 bits per heavy atom. The fourth-order valence-corrected chi connectivity index (χ4v) is 2.97. The van der Waals surface area contributed by atoms with Gasteiger partial charge in [0.1, 0.15) is 5.75 Å². The Morgan fingerprint density at radius 2 is 2.06 bits per heavy atom. The summed E-state index contributed by atoms with van der Waals surface area (Å²) in [7, 11) is -3.57. The second-order valence-corrected chi connectivity index (χ2v) is 6.42. The molecule has 0 heterocycles. The van der Waals surface area contributed by atoms with Crippen LogP contribution in [0.2, 0.25) is 5.02 Å². The Kier molecular flexibility index (Phi) is 4.71. The number of Topliss-reactive ketones (excluding diaryl/α,β-unsaturated/α-hetero) is 1. The molecule has 0 spiro atoms. The lowest BCUT2D eigenvalue weighted by Gasteiger charge is -2.08. The van der Waals surface area contributed by atoms with Gasteiger partial charge in [0.25, 0.3) is 0 Å². The highest BCUT2D eigenvalue weighted by atomic mass is 35.5. The van der Waals surface area contributed by atoms with Crippen LogP contribution in [-0.2, 0) is 14.6 Å². The minimum absolute atomic E-state index is 0.0988. The minimum atomic E-state index is -3.57. The van der Waals surface area contributed by atoms with Gasteiger partial charge in [-0.1, -0.05) is 31.5 Å². The smallest absolute Gasteiger partial charge is 0.185 e. The summed E-state index contributed by atoms with van der Waals surface area (Å²) in [4.78, 5) is 11.7. The molecule has 0 bridgehead atoms. The van der Waals surface area contributed by atoms with Crippen molar-refractivity contribution in [1.82, 2.24) is 0 Å². The molecule has 1 atom stereocenters. The average molecular weight is 275 g/mol. The van der Waals surface area contributed by atoms with E-state index in [1.165, 1.54) is 12.1 Å². The standard InChI is InChI=1S/C12H15ClO3S/c1-3-9(2)12(14)8-17(15,16)11-6-4-5-10(13)7-11/h4-7,9H,3,8H2,1-2H3.